The molecule has 0 unspecified atom stereocenters. The number of ether oxygens (including phenoxy) is 1. The first-order chi connectivity index (χ1) is 15.4. The Morgan fingerprint density at radius 3 is 2.28 bits per heavy atom. The molecule has 0 saturated carbocycles. The van der Waals surface area contributed by atoms with Crippen molar-refractivity contribution in [1.29, 1.82) is 5.26 Å². The van der Waals surface area contributed by atoms with Crippen LogP contribution in [0.3, 0.4) is 0 Å². The molecule has 1 heterocycles. The lowest BCUT2D eigenvalue weighted by atomic mass is 10.1. The average molecular weight is 463 g/mol. The first-order valence-electron chi connectivity index (χ1n) is 10.6. The fraction of sp³-hybridized carbons (Fsp3) is 0.478. The van der Waals surface area contributed by atoms with E-state index in [9.17, 15) is 8.42 Å². The summed E-state index contributed by atoms with van der Waals surface area (Å²) in [6.45, 7) is 8.04. The third-order valence-corrected chi connectivity index (χ3v) is 6.02. The van der Waals surface area contributed by atoms with Crippen LogP contribution in [0.25, 0.3) is 0 Å². The van der Waals surface area contributed by atoms with Gasteiger partial charge in [-0.25, -0.2) is 13.4 Å². The van der Waals surface area contributed by atoms with Gasteiger partial charge in [0.15, 0.2) is 9.84 Å². The maximum atomic E-state index is 11.9. The Kier molecular flexibility index (Phi) is 13.0. The van der Waals surface area contributed by atoms with E-state index in [1.54, 1.807) is 30.3 Å². The second-order valence-electron chi connectivity index (χ2n) is 6.98. The van der Waals surface area contributed by atoms with Gasteiger partial charge in [-0.2, -0.15) is 5.26 Å². The highest BCUT2D eigenvalue weighted by molar-refractivity contribution is 7.91. The van der Waals surface area contributed by atoms with Gasteiger partial charge < -0.3 is 20.5 Å². The molecule has 0 amide bonds. The Hall–Kier alpha value is -2.67. The Morgan fingerprint density at radius 1 is 1.12 bits per heavy atom. The molecule has 0 aliphatic carbocycles. The molecule has 0 aliphatic heterocycles. The fourth-order valence-electron chi connectivity index (χ4n) is 2.82. The monoisotopic (exact) mass is 462 g/mol. The quantitative estimate of drug-likeness (QED) is 0.388. The van der Waals surface area contributed by atoms with Crippen LogP contribution in [-0.2, 0) is 21.0 Å². The number of benzene rings is 1. The molecule has 2 rings (SSSR count). The number of nitrogens with one attached hydrogen (secondary N) is 2. The molecule has 8 nitrogen and oxygen atoms in total. The van der Waals surface area contributed by atoms with Gasteiger partial charge in [-0.3, -0.25) is 0 Å². The highest BCUT2D eigenvalue weighted by Gasteiger charge is 2.13. The van der Waals surface area contributed by atoms with Crippen molar-refractivity contribution in [2.45, 2.75) is 38.5 Å². The molecule has 1 aromatic heterocycles. The molecule has 2 aromatic rings. The molecule has 1 aromatic carbocycles. The standard InChI is InChI=1S/C21H31N3O4S.C2H3N/c1-3-28-13-4-10-22-20-15-17(2)16-21(24-20)23-11-9-18-5-7-19(8-6-18)29(26,27)14-12-25;1-2-3/h5-8,15-16,25H,3-4,9-14H2,1-2H3,(H2,22,23,24);1H3. The summed E-state index contributed by atoms with van der Waals surface area (Å²) >= 11 is 0. The van der Waals surface area contributed by atoms with E-state index in [0.29, 0.717) is 6.54 Å². The zero-order valence-corrected chi connectivity index (χ0v) is 19.9. The van der Waals surface area contributed by atoms with Crippen molar-refractivity contribution < 1.29 is 18.3 Å². The van der Waals surface area contributed by atoms with Gasteiger partial charge in [0, 0.05) is 33.2 Å². The summed E-state index contributed by atoms with van der Waals surface area (Å²) in [5, 5.41) is 22.8. The van der Waals surface area contributed by atoms with Crippen molar-refractivity contribution in [2.24, 2.45) is 0 Å². The number of anilines is 2. The van der Waals surface area contributed by atoms with Crippen molar-refractivity contribution >= 4 is 21.5 Å². The predicted molar refractivity (Wildman–Crippen MR) is 128 cm³/mol. The number of aliphatic hydroxyl groups excluding tert-OH is 1. The predicted octanol–water partition coefficient (Wildman–Crippen LogP) is 3.18. The number of nitriles is 1. The zero-order valence-electron chi connectivity index (χ0n) is 19.1. The third-order valence-electron chi connectivity index (χ3n) is 4.31. The van der Waals surface area contributed by atoms with E-state index in [-0.39, 0.29) is 17.3 Å². The van der Waals surface area contributed by atoms with Crippen LogP contribution in [-0.4, -0.2) is 57.2 Å². The highest BCUT2D eigenvalue weighted by atomic mass is 32.2. The van der Waals surface area contributed by atoms with Gasteiger partial charge in [-0.1, -0.05) is 12.1 Å². The largest absolute Gasteiger partial charge is 0.395 e. The second-order valence-corrected chi connectivity index (χ2v) is 9.09. The number of rotatable bonds is 13. The van der Waals surface area contributed by atoms with Crippen molar-refractivity contribution in [3.63, 3.8) is 0 Å². The Balaban J connectivity index is 0.00000161. The first-order valence-corrected chi connectivity index (χ1v) is 12.3. The lowest BCUT2D eigenvalue weighted by Crippen LogP contribution is -2.11. The molecule has 0 radical (unpaired) electrons. The first kappa shape index (κ1) is 27.4. The normalized spacial score (nSPS) is 10.6. The van der Waals surface area contributed by atoms with E-state index in [4.69, 9.17) is 15.1 Å². The maximum absolute atomic E-state index is 11.9. The molecular weight excluding hydrogens is 428 g/mol. The van der Waals surface area contributed by atoms with Crippen LogP contribution < -0.4 is 10.6 Å². The molecule has 9 heteroatoms. The van der Waals surface area contributed by atoms with Gasteiger partial charge in [0.1, 0.15) is 11.6 Å². The highest BCUT2D eigenvalue weighted by Crippen LogP contribution is 2.15. The van der Waals surface area contributed by atoms with Gasteiger partial charge in [0.2, 0.25) is 0 Å². The minimum Gasteiger partial charge on any atom is -0.395 e. The Morgan fingerprint density at radius 2 is 1.72 bits per heavy atom. The van der Waals surface area contributed by atoms with Crippen LogP contribution in [0.15, 0.2) is 41.3 Å². The van der Waals surface area contributed by atoms with Gasteiger partial charge in [0.05, 0.1) is 23.3 Å². The number of pyridine rings is 1. The van der Waals surface area contributed by atoms with Gasteiger partial charge in [-0.15, -0.1) is 0 Å². The van der Waals surface area contributed by atoms with Crippen LogP contribution in [0.1, 0.15) is 31.4 Å². The number of hydrogen-bond donors (Lipinski definition) is 3. The lowest BCUT2D eigenvalue weighted by molar-refractivity contribution is 0.147. The SMILES string of the molecule is CC#N.CCOCCCNc1cc(C)cc(NCCc2ccc(S(=O)(=O)CCO)cc2)n1. The summed E-state index contributed by atoms with van der Waals surface area (Å²) in [5.74, 6) is 1.39. The van der Waals surface area contributed by atoms with E-state index in [2.05, 4.69) is 15.6 Å². The summed E-state index contributed by atoms with van der Waals surface area (Å²) in [6.07, 6.45) is 1.67. The van der Waals surface area contributed by atoms with Crippen molar-refractivity contribution in [3.05, 3.63) is 47.5 Å². The molecule has 3 N–H and O–H groups in total. The van der Waals surface area contributed by atoms with Crippen molar-refractivity contribution in [3.8, 4) is 6.07 Å². The van der Waals surface area contributed by atoms with Crippen LogP contribution in [0, 0.1) is 18.3 Å². The van der Waals surface area contributed by atoms with E-state index in [0.717, 1.165) is 55.4 Å². The van der Waals surface area contributed by atoms with Crippen molar-refractivity contribution in [2.75, 3.05) is 49.3 Å². The summed E-state index contributed by atoms with van der Waals surface area (Å²) in [4.78, 5) is 4.82. The molecule has 0 spiro atoms. The molecule has 0 bridgehead atoms. The zero-order chi connectivity index (χ0) is 23.8. The number of aryl methyl sites for hydroxylation is 1. The minimum atomic E-state index is -3.40. The summed E-state index contributed by atoms with van der Waals surface area (Å²) in [6, 6.07) is 12.6. The molecule has 0 fully saturated rings. The average Bonchev–Trinajstić information content (AvgIpc) is 2.74. The number of aliphatic hydroxyl groups is 1. The van der Waals surface area contributed by atoms with Gasteiger partial charge >= 0.3 is 0 Å². The topological polar surface area (TPSA) is 124 Å². The Labute approximate surface area is 191 Å². The summed E-state index contributed by atoms with van der Waals surface area (Å²) in [7, 11) is -3.40. The number of sulfone groups is 1. The number of nitrogens with zero attached hydrogens (tertiary/aromatic N) is 2. The van der Waals surface area contributed by atoms with E-state index in [1.165, 1.54) is 6.92 Å². The molecular formula is C23H34N4O4S. The lowest BCUT2D eigenvalue weighted by Gasteiger charge is -2.11. The van der Waals surface area contributed by atoms with Crippen LogP contribution >= 0.6 is 0 Å². The molecule has 0 aliphatic rings. The van der Waals surface area contributed by atoms with Gasteiger partial charge in [-0.05, 0) is 62.1 Å². The van der Waals surface area contributed by atoms with Gasteiger partial charge in [0.25, 0.3) is 0 Å². The summed E-state index contributed by atoms with van der Waals surface area (Å²) in [5.41, 5.74) is 2.15. The van der Waals surface area contributed by atoms with E-state index < -0.39 is 9.84 Å². The minimum absolute atomic E-state index is 0.240. The maximum Gasteiger partial charge on any atom is 0.180 e. The fourth-order valence-corrected chi connectivity index (χ4v) is 3.85. The molecule has 0 saturated heterocycles. The molecule has 0 atom stereocenters. The number of hydrogen-bond acceptors (Lipinski definition) is 8. The molecule has 176 valence electrons. The van der Waals surface area contributed by atoms with Crippen LogP contribution in [0.2, 0.25) is 0 Å². The second kappa shape index (κ2) is 15.2. The summed E-state index contributed by atoms with van der Waals surface area (Å²) < 4.78 is 29.2. The molecule has 32 heavy (non-hydrogen) atoms. The van der Waals surface area contributed by atoms with Crippen molar-refractivity contribution in [1.82, 2.24) is 4.98 Å². The number of aromatic nitrogens is 1. The van der Waals surface area contributed by atoms with E-state index >= 15 is 0 Å². The third kappa shape index (κ3) is 10.6. The van der Waals surface area contributed by atoms with E-state index in [1.807, 2.05) is 26.0 Å². The Bertz CT molecular complexity index is 941. The van der Waals surface area contributed by atoms with Crippen LogP contribution in [0.4, 0.5) is 11.6 Å². The smallest absolute Gasteiger partial charge is 0.180 e. The van der Waals surface area contributed by atoms with Crippen LogP contribution in [0.5, 0.6) is 0 Å².